The van der Waals surface area contributed by atoms with Crippen molar-refractivity contribution >= 4 is 0 Å². The number of hydrogen-bond donors (Lipinski definition) is 0. The van der Waals surface area contributed by atoms with Crippen LogP contribution in [0, 0.1) is 11.8 Å². The fraction of sp³-hybridized carbons (Fsp3) is 0.697. The summed E-state index contributed by atoms with van der Waals surface area (Å²) >= 11 is 0. The van der Waals surface area contributed by atoms with Crippen LogP contribution in [-0.2, 0) is 6.42 Å². The number of unbranched alkanes of at least 4 members (excludes halogenated alkanes) is 8. The van der Waals surface area contributed by atoms with Crippen LogP contribution in [0.2, 0.25) is 0 Å². The van der Waals surface area contributed by atoms with Gasteiger partial charge in [0, 0.05) is 18.0 Å². The molecule has 0 unspecified atom stereocenters. The lowest BCUT2D eigenvalue weighted by Gasteiger charge is -2.28. The fourth-order valence-corrected chi connectivity index (χ4v) is 5.67. The molecule has 1 aromatic carbocycles. The van der Waals surface area contributed by atoms with Crippen LogP contribution in [0.1, 0.15) is 129 Å². The monoisotopic (exact) mass is 492 g/mol. The lowest BCUT2D eigenvalue weighted by Crippen LogP contribution is -2.15. The summed E-state index contributed by atoms with van der Waals surface area (Å²) in [7, 11) is 0. The molecule has 3 heteroatoms. The molecule has 1 aliphatic carbocycles. The summed E-state index contributed by atoms with van der Waals surface area (Å²) < 4.78 is 6.04. The summed E-state index contributed by atoms with van der Waals surface area (Å²) in [6, 6.07) is 8.28. The number of benzene rings is 1. The van der Waals surface area contributed by atoms with Gasteiger partial charge in [0.05, 0.1) is 6.61 Å². The first-order valence-corrected chi connectivity index (χ1v) is 15.3. The Balaban J connectivity index is 1.26. The molecule has 1 heterocycles. The highest BCUT2D eigenvalue weighted by molar-refractivity contribution is 5.55. The van der Waals surface area contributed by atoms with Crippen LogP contribution in [0.3, 0.4) is 0 Å². The zero-order valence-electron chi connectivity index (χ0n) is 23.4. The van der Waals surface area contributed by atoms with Crippen molar-refractivity contribution in [3.63, 3.8) is 0 Å². The van der Waals surface area contributed by atoms with Crippen molar-refractivity contribution in [2.75, 3.05) is 6.61 Å². The normalized spacial score (nSPS) is 17.8. The molecular formula is C33H52N2O. The zero-order valence-corrected chi connectivity index (χ0v) is 23.4. The van der Waals surface area contributed by atoms with E-state index in [1.54, 1.807) is 0 Å². The number of aryl methyl sites for hydroxylation is 1. The molecule has 0 aliphatic heterocycles. The molecule has 3 nitrogen and oxygen atoms in total. The van der Waals surface area contributed by atoms with Crippen molar-refractivity contribution in [3.05, 3.63) is 42.2 Å². The van der Waals surface area contributed by atoms with Crippen molar-refractivity contribution in [1.29, 1.82) is 0 Å². The Bertz CT molecular complexity index is 793. The predicted octanol–water partition coefficient (Wildman–Crippen LogP) is 9.98. The summed E-state index contributed by atoms with van der Waals surface area (Å²) in [6.45, 7) is 5.37. The Morgan fingerprint density at radius 3 is 1.86 bits per heavy atom. The van der Waals surface area contributed by atoms with Gasteiger partial charge in [-0.05, 0) is 67.3 Å². The van der Waals surface area contributed by atoms with E-state index in [-0.39, 0.29) is 0 Å². The molecule has 0 bridgehead atoms. The van der Waals surface area contributed by atoms with Crippen molar-refractivity contribution < 1.29 is 4.74 Å². The molecule has 0 N–H and O–H groups in total. The summed E-state index contributed by atoms with van der Waals surface area (Å²) in [5.74, 6) is 3.68. The van der Waals surface area contributed by atoms with Crippen LogP contribution in [0.4, 0.5) is 0 Å². The van der Waals surface area contributed by atoms with Gasteiger partial charge in [0.25, 0.3) is 0 Å². The molecule has 0 amide bonds. The van der Waals surface area contributed by atoms with Gasteiger partial charge >= 0.3 is 0 Å². The first kappa shape index (κ1) is 28.7. The van der Waals surface area contributed by atoms with Gasteiger partial charge in [-0.2, -0.15) is 0 Å². The van der Waals surface area contributed by atoms with Crippen LogP contribution in [-0.4, -0.2) is 16.6 Å². The third-order valence-corrected chi connectivity index (χ3v) is 8.09. The molecule has 0 spiro atoms. The molecule has 3 rings (SSSR count). The van der Waals surface area contributed by atoms with Crippen LogP contribution in [0.25, 0.3) is 11.4 Å². The Kier molecular flexibility index (Phi) is 14.0. The first-order valence-electron chi connectivity index (χ1n) is 15.3. The quantitative estimate of drug-likeness (QED) is 0.194. The van der Waals surface area contributed by atoms with E-state index in [4.69, 9.17) is 4.74 Å². The molecule has 1 aromatic heterocycles. The standard InChI is InChI=1S/C33H52N2O/c1-3-5-7-9-10-12-14-28-17-19-29(20-18-28)16-13-25-36-32-23-21-31(22-24-32)33-34-26-30(27-35-33)15-11-8-6-4-2/h21-24,26-29H,3-20,25H2,1-2H3/t28-,29-. The summed E-state index contributed by atoms with van der Waals surface area (Å²) in [6.07, 6.45) is 28.5. The maximum atomic E-state index is 6.04. The van der Waals surface area contributed by atoms with Gasteiger partial charge in [-0.1, -0.05) is 104 Å². The van der Waals surface area contributed by atoms with Crippen molar-refractivity contribution in [2.24, 2.45) is 11.8 Å². The highest BCUT2D eigenvalue weighted by Gasteiger charge is 2.20. The number of nitrogens with zero attached hydrogens (tertiary/aromatic N) is 2. The number of ether oxygens (including phenoxy) is 1. The van der Waals surface area contributed by atoms with Crippen LogP contribution in [0.15, 0.2) is 36.7 Å². The maximum Gasteiger partial charge on any atom is 0.159 e. The van der Waals surface area contributed by atoms with Crippen LogP contribution >= 0.6 is 0 Å². The fourth-order valence-electron chi connectivity index (χ4n) is 5.67. The Morgan fingerprint density at radius 1 is 0.667 bits per heavy atom. The minimum Gasteiger partial charge on any atom is -0.494 e. The van der Waals surface area contributed by atoms with Crippen molar-refractivity contribution in [2.45, 2.75) is 129 Å². The molecule has 1 saturated carbocycles. The number of aromatic nitrogens is 2. The highest BCUT2D eigenvalue weighted by Crippen LogP contribution is 2.34. The van der Waals surface area contributed by atoms with Gasteiger partial charge in [-0.3, -0.25) is 0 Å². The molecule has 0 radical (unpaired) electrons. The Labute approximate surface area is 221 Å². The van der Waals surface area contributed by atoms with E-state index in [9.17, 15) is 0 Å². The smallest absolute Gasteiger partial charge is 0.159 e. The van der Waals surface area contributed by atoms with E-state index in [1.165, 1.54) is 108 Å². The second-order valence-electron chi connectivity index (χ2n) is 11.2. The molecule has 0 saturated heterocycles. The summed E-state index contributed by atoms with van der Waals surface area (Å²) in [4.78, 5) is 9.18. The maximum absolute atomic E-state index is 6.04. The average Bonchev–Trinajstić information content (AvgIpc) is 2.92. The molecule has 200 valence electrons. The highest BCUT2D eigenvalue weighted by atomic mass is 16.5. The van der Waals surface area contributed by atoms with Gasteiger partial charge in [-0.25, -0.2) is 9.97 Å². The van der Waals surface area contributed by atoms with Crippen molar-refractivity contribution in [3.8, 4) is 17.1 Å². The summed E-state index contributed by atoms with van der Waals surface area (Å²) in [5.41, 5.74) is 2.29. The average molecular weight is 493 g/mol. The van der Waals surface area contributed by atoms with Crippen molar-refractivity contribution in [1.82, 2.24) is 9.97 Å². The Hall–Kier alpha value is -1.90. The first-order chi connectivity index (χ1) is 17.8. The predicted molar refractivity (Wildman–Crippen MR) is 153 cm³/mol. The minimum atomic E-state index is 0.797. The number of rotatable bonds is 18. The van der Waals surface area contributed by atoms with Gasteiger partial charge in [-0.15, -0.1) is 0 Å². The lowest BCUT2D eigenvalue weighted by molar-refractivity contribution is 0.228. The number of hydrogen-bond acceptors (Lipinski definition) is 3. The molecule has 1 fully saturated rings. The molecule has 2 aromatic rings. The third-order valence-electron chi connectivity index (χ3n) is 8.09. The van der Waals surface area contributed by atoms with Gasteiger partial charge in [0.1, 0.15) is 5.75 Å². The van der Waals surface area contributed by atoms with Crippen LogP contribution in [0.5, 0.6) is 5.75 Å². The molecule has 36 heavy (non-hydrogen) atoms. The Morgan fingerprint density at radius 2 is 1.22 bits per heavy atom. The SMILES string of the molecule is CCCCCCCC[C@H]1CC[C@H](CCCOc2ccc(-c3ncc(CCCCCC)cn3)cc2)CC1. The van der Waals surface area contributed by atoms with Gasteiger partial charge < -0.3 is 4.74 Å². The van der Waals surface area contributed by atoms with E-state index in [2.05, 4.69) is 48.1 Å². The third kappa shape index (κ3) is 11.0. The zero-order chi connectivity index (χ0) is 25.3. The topological polar surface area (TPSA) is 35.0 Å². The minimum absolute atomic E-state index is 0.797. The van der Waals surface area contributed by atoms with E-state index >= 15 is 0 Å². The molecular weight excluding hydrogens is 440 g/mol. The second kappa shape index (κ2) is 17.5. The van der Waals surface area contributed by atoms with Gasteiger partial charge in [0.2, 0.25) is 0 Å². The largest absolute Gasteiger partial charge is 0.494 e. The van der Waals surface area contributed by atoms with E-state index in [0.29, 0.717) is 0 Å². The summed E-state index contributed by atoms with van der Waals surface area (Å²) in [5, 5.41) is 0. The lowest BCUT2D eigenvalue weighted by atomic mass is 9.78. The van der Waals surface area contributed by atoms with Crippen LogP contribution < -0.4 is 4.74 Å². The molecule has 0 atom stereocenters. The van der Waals surface area contributed by atoms with E-state index in [0.717, 1.165) is 48.4 Å². The van der Waals surface area contributed by atoms with E-state index < -0.39 is 0 Å². The van der Waals surface area contributed by atoms with Gasteiger partial charge in [0.15, 0.2) is 5.82 Å². The van der Waals surface area contributed by atoms with E-state index in [1.807, 2.05) is 12.4 Å². The second-order valence-corrected chi connectivity index (χ2v) is 11.2. The molecule has 1 aliphatic rings.